The first kappa shape index (κ1) is 20.0. The Labute approximate surface area is 184 Å². The molecule has 5 rings (SSSR count). The van der Waals surface area contributed by atoms with Gasteiger partial charge >= 0.3 is 0 Å². The lowest BCUT2D eigenvalue weighted by Gasteiger charge is -2.34. The lowest BCUT2D eigenvalue weighted by molar-refractivity contribution is 0.170. The van der Waals surface area contributed by atoms with Gasteiger partial charge in [0.25, 0.3) is 0 Å². The fraction of sp³-hybridized carbons (Fsp3) is 0.500. The van der Waals surface area contributed by atoms with Crippen molar-refractivity contribution >= 4 is 17.6 Å². The average Bonchev–Trinajstić information content (AvgIpc) is 3.27. The van der Waals surface area contributed by atoms with Gasteiger partial charge in [-0.05, 0) is 61.0 Å². The van der Waals surface area contributed by atoms with E-state index in [4.69, 9.17) is 9.47 Å². The molecule has 6 heteroatoms. The van der Waals surface area contributed by atoms with Crippen LogP contribution < -0.4 is 14.4 Å². The average molecular weight is 426 g/mol. The second-order valence-electron chi connectivity index (χ2n) is 8.30. The van der Waals surface area contributed by atoms with Crippen molar-refractivity contribution in [3.05, 3.63) is 53.6 Å². The topological polar surface area (TPSA) is 28.2 Å². The second kappa shape index (κ2) is 9.08. The summed E-state index contributed by atoms with van der Waals surface area (Å²) in [5, 5.41) is 0. The van der Waals surface area contributed by atoms with Gasteiger partial charge in [0.1, 0.15) is 13.2 Å². The van der Waals surface area contributed by atoms with Gasteiger partial charge in [-0.15, -0.1) is 0 Å². The van der Waals surface area contributed by atoms with Gasteiger partial charge in [0.2, 0.25) is 0 Å². The zero-order valence-electron chi connectivity index (χ0n) is 17.8. The van der Waals surface area contributed by atoms with Crippen LogP contribution in [0, 0.1) is 0 Å². The predicted octanol–water partition coefficient (Wildman–Crippen LogP) is 4.19. The number of hydrogen-bond donors (Lipinski definition) is 0. The molecule has 0 bridgehead atoms. The fourth-order valence-corrected chi connectivity index (χ4v) is 5.36. The smallest absolute Gasteiger partial charge is 0.161 e. The Morgan fingerprint density at radius 3 is 2.43 bits per heavy atom. The van der Waals surface area contributed by atoms with Gasteiger partial charge in [-0.25, -0.2) is 4.31 Å². The van der Waals surface area contributed by atoms with Gasteiger partial charge in [0.15, 0.2) is 11.5 Å². The highest BCUT2D eigenvalue weighted by Gasteiger charge is 2.27. The largest absolute Gasteiger partial charge is 0.486 e. The van der Waals surface area contributed by atoms with E-state index in [1.165, 1.54) is 29.7 Å². The Balaban J connectivity index is 1.24. The maximum atomic E-state index is 5.81. The second-order valence-corrected chi connectivity index (χ2v) is 9.18. The van der Waals surface area contributed by atoms with Gasteiger partial charge in [-0.1, -0.05) is 30.1 Å². The zero-order chi connectivity index (χ0) is 20.3. The SMILES string of the molecule is CSN1CCN(c2ccc(CN3CCCC3c3ccc4c(c3)OCCO4)cc2)CC1. The van der Waals surface area contributed by atoms with E-state index in [0.717, 1.165) is 50.8 Å². The molecule has 160 valence electrons. The van der Waals surface area contributed by atoms with Crippen LogP contribution in [0.2, 0.25) is 0 Å². The van der Waals surface area contributed by atoms with Crippen molar-refractivity contribution in [3.8, 4) is 11.5 Å². The van der Waals surface area contributed by atoms with Crippen LogP contribution in [0.25, 0.3) is 0 Å². The van der Waals surface area contributed by atoms with Gasteiger partial charge in [0.05, 0.1) is 0 Å². The molecule has 5 nitrogen and oxygen atoms in total. The van der Waals surface area contributed by atoms with Crippen molar-refractivity contribution in [2.75, 3.05) is 57.1 Å². The quantitative estimate of drug-likeness (QED) is 0.667. The maximum absolute atomic E-state index is 5.81. The fourth-order valence-electron chi connectivity index (χ4n) is 4.84. The van der Waals surface area contributed by atoms with Crippen molar-refractivity contribution in [1.82, 2.24) is 9.21 Å². The molecule has 0 radical (unpaired) electrons. The molecule has 0 amide bonds. The third-order valence-corrected chi connectivity index (χ3v) is 7.38. The summed E-state index contributed by atoms with van der Waals surface area (Å²) in [5.41, 5.74) is 4.09. The molecular formula is C24H31N3O2S. The molecular weight excluding hydrogens is 394 g/mol. The number of benzene rings is 2. The van der Waals surface area contributed by atoms with E-state index in [-0.39, 0.29) is 0 Å². The van der Waals surface area contributed by atoms with E-state index >= 15 is 0 Å². The number of rotatable bonds is 5. The van der Waals surface area contributed by atoms with Gasteiger partial charge in [0, 0.05) is 44.5 Å². The van der Waals surface area contributed by atoms with Gasteiger partial charge in [-0.3, -0.25) is 4.90 Å². The van der Waals surface area contributed by atoms with E-state index in [0.29, 0.717) is 19.3 Å². The minimum absolute atomic E-state index is 0.458. The highest BCUT2D eigenvalue weighted by molar-refractivity contribution is 7.96. The molecule has 3 aliphatic heterocycles. The van der Waals surface area contributed by atoms with Crippen molar-refractivity contribution < 1.29 is 9.47 Å². The standard InChI is InChI=1S/C24H31N3O2S/c1-30-27-13-11-25(12-14-27)21-7-4-19(5-8-21)18-26-10-2-3-22(26)20-6-9-23-24(17-20)29-16-15-28-23/h4-9,17,22H,2-3,10-16,18H2,1H3. The molecule has 2 aromatic carbocycles. The van der Waals surface area contributed by atoms with Crippen LogP contribution >= 0.6 is 11.9 Å². The van der Waals surface area contributed by atoms with Crippen molar-refractivity contribution in [2.45, 2.75) is 25.4 Å². The van der Waals surface area contributed by atoms with E-state index < -0.39 is 0 Å². The number of nitrogens with zero attached hydrogens (tertiary/aromatic N) is 3. The lowest BCUT2D eigenvalue weighted by Crippen LogP contribution is -2.43. The first-order valence-corrected chi connectivity index (χ1v) is 12.2. The van der Waals surface area contributed by atoms with Crippen LogP contribution in [0.5, 0.6) is 11.5 Å². The Bertz CT molecular complexity index is 852. The van der Waals surface area contributed by atoms with E-state index in [2.05, 4.69) is 62.8 Å². The molecule has 0 spiro atoms. The highest BCUT2D eigenvalue weighted by atomic mass is 32.2. The Kier molecular flexibility index (Phi) is 6.07. The molecule has 2 fully saturated rings. The predicted molar refractivity (Wildman–Crippen MR) is 124 cm³/mol. The van der Waals surface area contributed by atoms with E-state index in [9.17, 15) is 0 Å². The minimum atomic E-state index is 0.458. The summed E-state index contributed by atoms with van der Waals surface area (Å²) >= 11 is 1.86. The summed E-state index contributed by atoms with van der Waals surface area (Å²) in [6.45, 7) is 7.92. The van der Waals surface area contributed by atoms with Crippen molar-refractivity contribution in [3.63, 3.8) is 0 Å². The molecule has 0 aromatic heterocycles. The van der Waals surface area contributed by atoms with Crippen LogP contribution in [0.3, 0.4) is 0 Å². The number of likely N-dealkylation sites (tertiary alicyclic amines) is 1. The Hall–Kier alpha value is -1.89. The van der Waals surface area contributed by atoms with Crippen molar-refractivity contribution in [2.24, 2.45) is 0 Å². The monoisotopic (exact) mass is 425 g/mol. The van der Waals surface area contributed by atoms with Gasteiger partial charge < -0.3 is 14.4 Å². The first-order chi connectivity index (χ1) is 14.8. The molecule has 0 saturated carbocycles. The summed E-state index contributed by atoms with van der Waals surface area (Å²) in [5.74, 6) is 1.78. The molecule has 1 unspecified atom stereocenters. The normalized spacial score (nSPS) is 22.4. The number of ether oxygens (including phenoxy) is 2. The Morgan fingerprint density at radius 2 is 1.67 bits per heavy atom. The van der Waals surface area contributed by atoms with Gasteiger partial charge in [-0.2, -0.15) is 0 Å². The van der Waals surface area contributed by atoms with Crippen LogP contribution in [0.4, 0.5) is 5.69 Å². The molecule has 2 saturated heterocycles. The van der Waals surface area contributed by atoms with Crippen LogP contribution in [0.1, 0.15) is 30.0 Å². The minimum Gasteiger partial charge on any atom is -0.486 e. The maximum Gasteiger partial charge on any atom is 0.161 e. The molecule has 3 heterocycles. The number of hydrogen-bond acceptors (Lipinski definition) is 6. The summed E-state index contributed by atoms with van der Waals surface area (Å²) in [6.07, 6.45) is 4.62. The van der Waals surface area contributed by atoms with Crippen LogP contribution in [-0.2, 0) is 6.54 Å². The molecule has 2 aromatic rings. The molecule has 1 atom stereocenters. The van der Waals surface area contributed by atoms with E-state index in [1.807, 2.05) is 11.9 Å². The van der Waals surface area contributed by atoms with Crippen molar-refractivity contribution in [1.29, 1.82) is 0 Å². The van der Waals surface area contributed by atoms with E-state index in [1.54, 1.807) is 0 Å². The first-order valence-electron chi connectivity index (χ1n) is 11.1. The summed E-state index contributed by atoms with van der Waals surface area (Å²) in [6, 6.07) is 16.2. The van der Waals surface area contributed by atoms with Crippen LogP contribution in [-0.4, -0.2) is 61.4 Å². The molecule has 30 heavy (non-hydrogen) atoms. The number of piperazine rings is 1. The third-order valence-electron chi connectivity index (χ3n) is 6.50. The molecule has 0 aliphatic carbocycles. The number of fused-ring (bicyclic) bond motifs is 1. The lowest BCUT2D eigenvalue weighted by atomic mass is 10.0. The summed E-state index contributed by atoms with van der Waals surface area (Å²) in [7, 11) is 0. The Morgan fingerprint density at radius 1 is 0.900 bits per heavy atom. The number of anilines is 1. The molecule has 3 aliphatic rings. The summed E-state index contributed by atoms with van der Waals surface area (Å²) < 4.78 is 13.9. The third kappa shape index (κ3) is 4.27. The van der Waals surface area contributed by atoms with Crippen LogP contribution in [0.15, 0.2) is 42.5 Å². The zero-order valence-corrected chi connectivity index (χ0v) is 18.6. The summed E-state index contributed by atoms with van der Waals surface area (Å²) in [4.78, 5) is 5.11. The molecule has 0 N–H and O–H groups in total. The highest BCUT2D eigenvalue weighted by Crippen LogP contribution is 2.38.